The predicted octanol–water partition coefficient (Wildman–Crippen LogP) is -1.29. The molecule has 0 aliphatic carbocycles. The van der Waals surface area contributed by atoms with Gasteiger partial charge in [-0.3, -0.25) is 10.1 Å². The highest BCUT2D eigenvalue weighted by Gasteiger charge is 1.94. The Morgan fingerprint density at radius 1 is 1.00 bits per heavy atom. The van der Waals surface area contributed by atoms with Gasteiger partial charge < -0.3 is 24.6 Å². The molecule has 0 saturated carbocycles. The van der Waals surface area contributed by atoms with Crippen molar-refractivity contribution in [3.05, 3.63) is 0 Å². The highest BCUT2D eigenvalue weighted by Crippen LogP contribution is 1.81. The fourth-order valence-corrected chi connectivity index (χ4v) is 1.07. The maximum Gasteiger partial charge on any atom is 0.207 e. The average Bonchev–Trinajstić information content (AvgIpc) is 2.34. The summed E-state index contributed by atoms with van der Waals surface area (Å²) in [5.74, 6) is 0. The van der Waals surface area contributed by atoms with Gasteiger partial charge in [-0.25, -0.2) is 0 Å². The number of hydrogen-bond acceptors (Lipinski definition) is 6. The Bertz CT molecular complexity index is 181. The van der Waals surface area contributed by atoms with Crippen LogP contribution >= 0.6 is 0 Å². The van der Waals surface area contributed by atoms with Crippen molar-refractivity contribution < 1.29 is 24.1 Å². The topological polar surface area (TPSA) is 89.1 Å². The van der Waals surface area contributed by atoms with Crippen LogP contribution in [0.1, 0.15) is 6.92 Å². The van der Waals surface area contributed by atoms with Crippen molar-refractivity contribution in [2.24, 2.45) is 0 Å². The molecular formula is C11H24N2O5. The summed E-state index contributed by atoms with van der Waals surface area (Å²) >= 11 is 0. The van der Waals surface area contributed by atoms with E-state index in [4.69, 9.17) is 19.3 Å². The van der Waals surface area contributed by atoms with E-state index in [-0.39, 0.29) is 0 Å². The van der Waals surface area contributed by atoms with Gasteiger partial charge in [0, 0.05) is 13.1 Å². The molecule has 1 atom stereocenters. The minimum atomic E-state index is -0.504. The Morgan fingerprint density at radius 2 is 1.50 bits per heavy atom. The molecule has 1 unspecified atom stereocenters. The summed E-state index contributed by atoms with van der Waals surface area (Å²) < 4.78 is 15.7. The minimum Gasteiger partial charge on any atom is -0.379 e. The average molecular weight is 264 g/mol. The molecule has 0 bridgehead atoms. The van der Waals surface area contributed by atoms with Crippen LogP contribution < -0.4 is 10.6 Å². The third-order valence-electron chi connectivity index (χ3n) is 1.90. The van der Waals surface area contributed by atoms with Gasteiger partial charge in [0.25, 0.3) is 0 Å². The van der Waals surface area contributed by atoms with E-state index in [2.05, 4.69) is 10.6 Å². The number of rotatable bonds is 14. The fraction of sp³-hybridized carbons (Fsp3) is 0.909. The second-order valence-corrected chi connectivity index (χ2v) is 3.54. The van der Waals surface area contributed by atoms with Gasteiger partial charge in [-0.1, -0.05) is 0 Å². The molecule has 0 aromatic heterocycles. The van der Waals surface area contributed by atoms with Gasteiger partial charge in [0.2, 0.25) is 6.41 Å². The zero-order chi connectivity index (χ0) is 13.5. The van der Waals surface area contributed by atoms with Crippen LogP contribution in [-0.2, 0) is 19.0 Å². The van der Waals surface area contributed by atoms with Crippen LogP contribution in [0.4, 0.5) is 0 Å². The maximum atomic E-state index is 9.90. The van der Waals surface area contributed by atoms with Crippen LogP contribution in [-0.4, -0.2) is 70.5 Å². The van der Waals surface area contributed by atoms with Crippen molar-refractivity contribution in [1.29, 1.82) is 0 Å². The fourth-order valence-electron chi connectivity index (χ4n) is 1.07. The van der Waals surface area contributed by atoms with Crippen LogP contribution in [0.15, 0.2) is 0 Å². The Balaban J connectivity index is 2.92. The van der Waals surface area contributed by atoms with Crippen molar-refractivity contribution in [3.8, 4) is 0 Å². The van der Waals surface area contributed by atoms with Gasteiger partial charge in [0.15, 0.2) is 0 Å². The standard InChI is InChI=1S/C11H24N2O5/c1-11(15)13-3-5-17-7-9-18-8-6-16-4-2-12-10-14/h10-11,13,15H,2-9H2,1H3,(H,12,14). The number of aliphatic hydroxyl groups excluding tert-OH is 1. The molecule has 3 N–H and O–H groups in total. The van der Waals surface area contributed by atoms with Crippen LogP contribution in [0, 0.1) is 0 Å². The summed E-state index contributed by atoms with van der Waals surface area (Å²) in [6.45, 7) is 5.88. The summed E-state index contributed by atoms with van der Waals surface area (Å²) in [7, 11) is 0. The first kappa shape index (κ1) is 17.3. The SMILES string of the molecule is CC(O)NCCOCCOCCOCCNC=O. The van der Waals surface area contributed by atoms with Crippen molar-refractivity contribution in [2.45, 2.75) is 13.2 Å². The molecule has 7 heteroatoms. The molecule has 0 aliphatic heterocycles. The maximum absolute atomic E-state index is 9.90. The summed E-state index contributed by atoms with van der Waals surface area (Å²) in [5, 5.41) is 14.2. The monoisotopic (exact) mass is 264 g/mol. The first-order chi connectivity index (χ1) is 8.77. The molecule has 108 valence electrons. The third kappa shape index (κ3) is 15.3. The minimum absolute atomic E-state index is 0.490. The van der Waals surface area contributed by atoms with Gasteiger partial charge in [0.1, 0.15) is 6.23 Å². The summed E-state index contributed by atoms with van der Waals surface area (Å²) in [4.78, 5) is 9.90. The lowest BCUT2D eigenvalue weighted by molar-refractivity contribution is -0.109. The normalized spacial score (nSPS) is 12.3. The predicted molar refractivity (Wildman–Crippen MR) is 66.2 cm³/mol. The summed E-state index contributed by atoms with van der Waals surface area (Å²) in [6, 6.07) is 0. The van der Waals surface area contributed by atoms with E-state index in [9.17, 15) is 4.79 Å². The first-order valence-electron chi connectivity index (χ1n) is 6.09. The number of aliphatic hydroxyl groups is 1. The van der Waals surface area contributed by atoms with Gasteiger partial charge in [-0.15, -0.1) is 0 Å². The zero-order valence-corrected chi connectivity index (χ0v) is 10.9. The number of carbonyl (C=O) groups is 1. The van der Waals surface area contributed by atoms with Gasteiger partial charge in [0.05, 0.1) is 39.6 Å². The van der Waals surface area contributed by atoms with E-state index in [0.717, 1.165) is 0 Å². The molecular weight excluding hydrogens is 240 g/mol. The molecule has 0 heterocycles. The molecule has 0 aromatic rings. The van der Waals surface area contributed by atoms with E-state index in [0.29, 0.717) is 59.1 Å². The Morgan fingerprint density at radius 3 is 2.00 bits per heavy atom. The van der Waals surface area contributed by atoms with E-state index in [1.807, 2.05) is 0 Å². The lowest BCUT2D eigenvalue weighted by Gasteiger charge is -2.08. The molecule has 0 fully saturated rings. The molecule has 0 rings (SSSR count). The molecule has 0 aliphatic rings. The van der Waals surface area contributed by atoms with Gasteiger partial charge in [-0.2, -0.15) is 0 Å². The Kier molecular flexibility index (Phi) is 13.8. The number of amides is 1. The quantitative estimate of drug-likeness (QED) is 0.205. The molecule has 7 nitrogen and oxygen atoms in total. The molecule has 0 radical (unpaired) electrons. The summed E-state index contributed by atoms with van der Waals surface area (Å²) in [5.41, 5.74) is 0. The van der Waals surface area contributed by atoms with E-state index in [1.165, 1.54) is 0 Å². The Labute approximate surface area is 108 Å². The molecule has 0 aromatic carbocycles. The van der Waals surface area contributed by atoms with E-state index in [1.54, 1.807) is 6.92 Å². The second-order valence-electron chi connectivity index (χ2n) is 3.54. The smallest absolute Gasteiger partial charge is 0.207 e. The number of nitrogens with one attached hydrogen (secondary N) is 2. The highest BCUT2D eigenvalue weighted by atomic mass is 16.5. The van der Waals surface area contributed by atoms with Crippen molar-refractivity contribution in [2.75, 3.05) is 52.7 Å². The number of hydrogen-bond donors (Lipinski definition) is 3. The van der Waals surface area contributed by atoms with E-state index >= 15 is 0 Å². The highest BCUT2D eigenvalue weighted by molar-refractivity contribution is 5.45. The van der Waals surface area contributed by atoms with Crippen LogP contribution in [0.2, 0.25) is 0 Å². The van der Waals surface area contributed by atoms with Crippen LogP contribution in [0.25, 0.3) is 0 Å². The first-order valence-corrected chi connectivity index (χ1v) is 6.09. The van der Waals surface area contributed by atoms with Gasteiger partial charge >= 0.3 is 0 Å². The van der Waals surface area contributed by atoms with Gasteiger partial charge in [-0.05, 0) is 6.92 Å². The van der Waals surface area contributed by atoms with E-state index < -0.39 is 6.23 Å². The van der Waals surface area contributed by atoms with Crippen LogP contribution in [0.3, 0.4) is 0 Å². The van der Waals surface area contributed by atoms with Crippen molar-refractivity contribution >= 4 is 6.41 Å². The number of carbonyl (C=O) groups excluding carboxylic acids is 1. The van der Waals surface area contributed by atoms with Crippen LogP contribution in [0.5, 0.6) is 0 Å². The largest absolute Gasteiger partial charge is 0.379 e. The van der Waals surface area contributed by atoms with Crippen molar-refractivity contribution in [1.82, 2.24) is 10.6 Å². The Hall–Kier alpha value is -0.730. The second kappa shape index (κ2) is 14.3. The summed E-state index contributed by atoms with van der Waals surface area (Å²) in [6.07, 6.45) is 0.138. The third-order valence-corrected chi connectivity index (χ3v) is 1.90. The molecule has 1 amide bonds. The molecule has 18 heavy (non-hydrogen) atoms. The lowest BCUT2D eigenvalue weighted by atomic mass is 10.6. The molecule has 0 saturated heterocycles. The zero-order valence-electron chi connectivity index (χ0n) is 10.9. The molecule has 0 spiro atoms. The van der Waals surface area contributed by atoms with Crippen molar-refractivity contribution in [3.63, 3.8) is 0 Å². The lowest BCUT2D eigenvalue weighted by Crippen LogP contribution is -2.29. The number of ether oxygens (including phenoxy) is 3.